The number of thioether (sulfide) groups is 1. The highest BCUT2D eigenvalue weighted by Gasteiger charge is 2.49. The zero-order valence-corrected chi connectivity index (χ0v) is 16.1. The number of nitrogens with one attached hydrogen (secondary N) is 1. The van der Waals surface area contributed by atoms with Crippen LogP contribution in [-0.2, 0) is 20.9 Å². The van der Waals surface area contributed by atoms with E-state index in [2.05, 4.69) is 29.5 Å². The lowest BCUT2D eigenvalue weighted by Crippen LogP contribution is -2.45. The third-order valence-corrected chi connectivity index (χ3v) is 6.55. The first-order valence-electron chi connectivity index (χ1n) is 9.03. The van der Waals surface area contributed by atoms with Crippen molar-refractivity contribution in [1.29, 1.82) is 0 Å². The van der Waals surface area contributed by atoms with E-state index in [-0.39, 0.29) is 41.8 Å². The maximum Gasteiger partial charge on any atom is 0.254 e. The maximum atomic E-state index is 13.0. The van der Waals surface area contributed by atoms with Crippen LogP contribution in [-0.4, -0.2) is 40.9 Å². The molecule has 27 heavy (non-hydrogen) atoms. The second-order valence-corrected chi connectivity index (χ2v) is 8.37. The highest BCUT2D eigenvalue weighted by molar-refractivity contribution is 8.04. The standard InChI is InChI=1S/C18H22N4O4S/c1-3-18(2)7-12-13(10-26-18)27-16-15(12)17(24)22(21-20-16)9-14(23)19-8-11-5-4-6-25-11/h4-6,15-16H,3,7-10H2,1-2H3,(H,19,23)/t15-,16-,18+/m1/s1. The van der Waals surface area contributed by atoms with Crippen molar-refractivity contribution in [3.63, 3.8) is 0 Å². The molecule has 3 aliphatic heterocycles. The molecule has 1 N–H and O–H groups in total. The van der Waals surface area contributed by atoms with Crippen molar-refractivity contribution >= 4 is 23.6 Å². The van der Waals surface area contributed by atoms with Crippen molar-refractivity contribution < 1.29 is 18.7 Å². The number of ether oxygens (including phenoxy) is 1. The van der Waals surface area contributed by atoms with Crippen molar-refractivity contribution in [2.24, 2.45) is 16.3 Å². The van der Waals surface area contributed by atoms with Gasteiger partial charge in [0, 0.05) is 4.91 Å². The van der Waals surface area contributed by atoms with Gasteiger partial charge in [-0.3, -0.25) is 9.59 Å². The van der Waals surface area contributed by atoms with Crippen LogP contribution in [0.5, 0.6) is 0 Å². The van der Waals surface area contributed by atoms with E-state index in [1.807, 2.05) is 0 Å². The Labute approximate surface area is 161 Å². The van der Waals surface area contributed by atoms with Crippen LogP contribution in [0.2, 0.25) is 0 Å². The van der Waals surface area contributed by atoms with Crippen LogP contribution < -0.4 is 5.32 Å². The summed E-state index contributed by atoms with van der Waals surface area (Å²) in [5, 5.41) is 11.9. The molecule has 0 bridgehead atoms. The third kappa shape index (κ3) is 3.53. The molecule has 3 atom stereocenters. The van der Waals surface area contributed by atoms with Crippen LogP contribution >= 0.6 is 11.8 Å². The van der Waals surface area contributed by atoms with E-state index in [1.54, 1.807) is 30.2 Å². The number of fused-ring (bicyclic) bond motifs is 2. The van der Waals surface area contributed by atoms with Crippen LogP contribution in [0.4, 0.5) is 0 Å². The van der Waals surface area contributed by atoms with Gasteiger partial charge in [-0.2, -0.15) is 5.11 Å². The Bertz CT molecular complexity index is 806. The lowest BCUT2D eigenvalue weighted by atomic mass is 9.84. The van der Waals surface area contributed by atoms with Gasteiger partial charge in [-0.25, -0.2) is 5.01 Å². The molecular formula is C18H22N4O4S. The molecule has 9 heteroatoms. The second kappa shape index (κ2) is 7.12. The summed E-state index contributed by atoms with van der Waals surface area (Å²) in [4.78, 5) is 26.3. The zero-order valence-electron chi connectivity index (χ0n) is 15.3. The van der Waals surface area contributed by atoms with E-state index < -0.39 is 0 Å². The number of carbonyl (C=O) groups excluding carboxylic acids is 2. The molecule has 0 aromatic carbocycles. The summed E-state index contributed by atoms with van der Waals surface area (Å²) in [6.45, 7) is 4.80. The number of carbonyl (C=O) groups is 2. The Balaban J connectivity index is 1.42. The van der Waals surface area contributed by atoms with Gasteiger partial charge in [0.15, 0.2) is 0 Å². The zero-order chi connectivity index (χ0) is 19.0. The number of hydrogen-bond donors (Lipinski definition) is 1. The second-order valence-electron chi connectivity index (χ2n) is 7.16. The van der Waals surface area contributed by atoms with Crippen molar-refractivity contribution in [3.8, 4) is 0 Å². The van der Waals surface area contributed by atoms with Gasteiger partial charge in [0.25, 0.3) is 5.91 Å². The molecule has 0 saturated carbocycles. The van der Waals surface area contributed by atoms with Crippen molar-refractivity contribution in [2.45, 2.75) is 44.2 Å². The number of amides is 2. The minimum absolute atomic E-state index is 0.152. The van der Waals surface area contributed by atoms with Crippen LogP contribution in [0.25, 0.3) is 0 Å². The fraction of sp³-hybridized carbons (Fsp3) is 0.556. The highest BCUT2D eigenvalue weighted by atomic mass is 32.2. The Morgan fingerprint density at radius 3 is 3.11 bits per heavy atom. The number of furan rings is 1. The van der Waals surface area contributed by atoms with Crippen molar-refractivity contribution in [2.75, 3.05) is 13.2 Å². The Hall–Kier alpha value is -2.13. The third-order valence-electron chi connectivity index (χ3n) is 5.27. The summed E-state index contributed by atoms with van der Waals surface area (Å²) in [5.74, 6) is -0.170. The Kier molecular flexibility index (Phi) is 4.81. The fourth-order valence-corrected chi connectivity index (χ4v) is 4.75. The quantitative estimate of drug-likeness (QED) is 0.834. The first kappa shape index (κ1) is 18.2. The SMILES string of the molecule is CC[C@@]1(C)CC2=C(CO1)S[C@H]1N=NN(CC(=O)NCc3ccco3)C(=O)[C@H]21. The molecule has 1 aromatic rings. The maximum absolute atomic E-state index is 13.0. The average Bonchev–Trinajstić information content (AvgIpc) is 3.30. The molecule has 0 spiro atoms. The number of nitrogens with zero attached hydrogens (tertiary/aromatic N) is 3. The van der Waals surface area contributed by atoms with Gasteiger partial charge in [-0.15, -0.1) is 0 Å². The van der Waals surface area contributed by atoms with Crippen LogP contribution in [0.1, 0.15) is 32.4 Å². The summed E-state index contributed by atoms with van der Waals surface area (Å²) in [6.07, 6.45) is 3.14. The molecule has 8 nitrogen and oxygen atoms in total. The summed E-state index contributed by atoms with van der Waals surface area (Å²) in [7, 11) is 0. The van der Waals surface area contributed by atoms with E-state index in [1.165, 1.54) is 5.01 Å². The molecule has 2 amide bonds. The molecule has 0 fully saturated rings. The molecule has 4 heterocycles. The van der Waals surface area contributed by atoms with E-state index in [0.29, 0.717) is 18.8 Å². The topological polar surface area (TPSA) is 96.5 Å². The van der Waals surface area contributed by atoms with Gasteiger partial charge < -0.3 is 14.5 Å². The van der Waals surface area contributed by atoms with E-state index in [9.17, 15) is 9.59 Å². The van der Waals surface area contributed by atoms with Gasteiger partial charge in [0.05, 0.1) is 30.9 Å². The highest BCUT2D eigenvalue weighted by Crippen LogP contribution is 2.51. The van der Waals surface area contributed by atoms with Crippen molar-refractivity contribution in [3.05, 3.63) is 34.6 Å². The molecular weight excluding hydrogens is 368 g/mol. The van der Waals surface area contributed by atoms with Crippen molar-refractivity contribution in [1.82, 2.24) is 10.3 Å². The van der Waals surface area contributed by atoms with E-state index >= 15 is 0 Å². The number of hydrogen-bond acceptors (Lipinski definition) is 7. The molecule has 0 saturated heterocycles. The van der Waals surface area contributed by atoms with E-state index in [4.69, 9.17) is 9.15 Å². The molecule has 144 valence electrons. The molecule has 0 aliphatic carbocycles. The average molecular weight is 390 g/mol. The van der Waals surface area contributed by atoms with Gasteiger partial charge in [0.2, 0.25) is 5.91 Å². The Morgan fingerprint density at radius 2 is 2.37 bits per heavy atom. The van der Waals surface area contributed by atoms with Gasteiger partial charge in [-0.05, 0) is 37.5 Å². The normalized spacial score (nSPS) is 29.7. The largest absolute Gasteiger partial charge is 0.467 e. The first-order valence-corrected chi connectivity index (χ1v) is 9.91. The lowest BCUT2D eigenvalue weighted by molar-refractivity contribution is -0.141. The smallest absolute Gasteiger partial charge is 0.254 e. The predicted octanol–water partition coefficient (Wildman–Crippen LogP) is 2.64. The van der Waals surface area contributed by atoms with E-state index in [0.717, 1.165) is 16.9 Å². The molecule has 1 aromatic heterocycles. The van der Waals surface area contributed by atoms with Crippen LogP contribution in [0.3, 0.4) is 0 Å². The molecule has 3 aliphatic rings. The minimum Gasteiger partial charge on any atom is -0.467 e. The minimum atomic E-state index is -0.352. The Morgan fingerprint density at radius 1 is 1.52 bits per heavy atom. The molecule has 4 rings (SSSR count). The monoisotopic (exact) mass is 390 g/mol. The summed E-state index contributed by atoms with van der Waals surface area (Å²) in [5.41, 5.74) is 0.847. The van der Waals surface area contributed by atoms with Crippen LogP contribution in [0, 0.1) is 5.92 Å². The van der Waals surface area contributed by atoms with Crippen LogP contribution in [0.15, 0.2) is 43.6 Å². The summed E-state index contributed by atoms with van der Waals surface area (Å²) in [6, 6.07) is 3.53. The van der Waals surface area contributed by atoms with Gasteiger partial charge >= 0.3 is 0 Å². The molecule has 0 radical (unpaired) electrons. The van der Waals surface area contributed by atoms with Gasteiger partial charge in [-0.1, -0.05) is 23.9 Å². The molecule has 0 unspecified atom stereocenters. The first-order chi connectivity index (χ1) is 13.0. The summed E-state index contributed by atoms with van der Waals surface area (Å²) >= 11 is 1.56. The lowest BCUT2D eigenvalue weighted by Gasteiger charge is -2.35. The number of rotatable bonds is 5. The predicted molar refractivity (Wildman–Crippen MR) is 98.3 cm³/mol. The fourth-order valence-electron chi connectivity index (χ4n) is 3.47. The summed E-state index contributed by atoms with van der Waals surface area (Å²) < 4.78 is 11.2. The van der Waals surface area contributed by atoms with Gasteiger partial charge in [0.1, 0.15) is 17.7 Å².